The van der Waals surface area contributed by atoms with Crippen molar-refractivity contribution in [1.82, 2.24) is 4.90 Å². The summed E-state index contributed by atoms with van der Waals surface area (Å²) in [6.07, 6.45) is 3.68. The van der Waals surface area contributed by atoms with E-state index in [1.807, 2.05) is 12.1 Å². The lowest BCUT2D eigenvalue weighted by Gasteiger charge is -2.27. The van der Waals surface area contributed by atoms with Gasteiger partial charge in [0.05, 0.1) is 29.9 Å². The SMILES string of the molecule is O=C(c1ccc(NCCC2CCCO2)cc1Cl)N1CCOCC1. The molecule has 1 amide bonds. The first kappa shape index (κ1) is 16.6. The zero-order valence-corrected chi connectivity index (χ0v) is 14.0. The largest absolute Gasteiger partial charge is 0.385 e. The van der Waals surface area contributed by atoms with E-state index < -0.39 is 0 Å². The maximum Gasteiger partial charge on any atom is 0.255 e. The minimum absolute atomic E-state index is 0.0239. The summed E-state index contributed by atoms with van der Waals surface area (Å²) in [7, 11) is 0. The van der Waals surface area contributed by atoms with Crippen molar-refractivity contribution >= 4 is 23.2 Å². The van der Waals surface area contributed by atoms with Crippen molar-refractivity contribution in [3.05, 3.63) is 28.8 Å². The predicted molar refractivity (Wildman–Crippen MR) is 90.3 cm³/mol. The second-order valence-electron chi connectivity index (χ2n) is 5.95. The summed E-state index contributed by atoms with van der Waals surface area (Å²) >= 11 is 6.31. The molecule has 0 spiro atoms. The van der Waals surface area contributed by atoms with Gasteiger partial charge in [-0.15, -0.1) is 0 Å². The van der Waals surface area contributed by atoms with Gasteiger partial charge in [0.15, 0.2) is 0 Å². The number of benzene rings is 1. The molecule has 3 rings (SSSR count). The minimum atomic E-state index is -0.0239. The Kier molecular flexibility index (Phi) is 5.75. The molecule has 2 aliphatic heterocycles. The fourth-order valence-corrected chi connectivity index (χ4v) is 3.25. The summed E-state index contributed by atoms with van der Waals surface area (Å²) < 4.78 is 10.9. The van der Waals surface area contributed by atoms with Crippen LogP contribution in [0.3, 0.4) is 0 Å². The van der Waals surface area contributed by atoms with Gasteiger partial charge in [0.1, 0.15) is 0 Å². The third-order valence-electron chi connectivity index (χ3n) is 4.32. The van der Waals surface area contributed by atoms with E-state index in [2.05, 4.69) is 5.32 Å². The van der Waals surface area contributed by atoms with Crippen LogP contribution in [-0.4, -0.2) is 56.4 Å². The minimum Gasteiger partial charge on any atom is -0.385 e. The van der Waals surface area contributed by atoms with Crippen molar-refractivity contribution in [2.45, 2.75) is 25.4 Å². The molecular formula is C17H23ClN2O3. The van der Waals surface area contributed by atoms with Gasteiger partial charge in [-0.1, -0.05) is 11.6 Å². The zero-order chi connectivity index (χ0) is 16.1. The standard InChI is InChI=1S/C17H23ClN2O3/c18-16-12-13(19-6-5-14-2-1-9-23-14)3-4-15(16)17(21)20-7-10-22-11-8-20/h3-4,12,14,19H,1-2,5-11H2. The Bertz CT molecular complexity index is 541. The van der Waals surface area contributed by atoms with Gasteiger partial charge in [-0.05, 0) is 37.5 Å². The van der Waals surface area contributed by atoms with Crippen molar-refractivity contribution < 1.29 is 14.3 Å². The summed E-state index contributed by atoms with van der Waals surface area (Å²) in [5.41, 5.74) is 1.49. The molecule has 0 aromatic heterocycles. The molecule has 1 atom stereocenters. The van der Waals surface area contributed by atoms with Gasteiger partial charge in [-0.25, -0.2) is 0 Å². The molecule has 2 heterocycles. The van der Waals surface area contributed by atoms with E-state index in [9.17, 15) is 4.79 Å². The van der Waals surface area contributed by atoms with E-state index in [-0.39, 0.29) is 5.91 Å². The number of hydrogen-bond acceptors (Lipinski definition) is 4. The number of nitrogens with zero attached hydrogens (tertiary/aromatic N) is 1. The summed E-state index contributed by atoms with van der Waals surface area (Å²) in [5.74, 6) is -0.0239. The molecule has 23 heavy (non-hydrogen) atoms. The van der Waals surface area contributed by atoms with Crippen LogP contribution >= 0.6 is 11.6 Å². The Morgan fingerprint density at radius 2 is 2.13 bits per heavy atom. The number of carbonyl (C=O) groups excluding carboxylic acids is 1. The molecule has 6 heteroatoms. The third kappa shape index (κ3) is 4.37. The Hall–Kier alpha value is -1.30. The van der Waals surface area contributed by atoms with Crippen LogP contribution in [0.4, 0.5) is 5.69 Å². The smallest absolute Gasteiger partial charge is 0.255 e. The van der Waals surface area contributed by atoms with Crippen molar-refractivity contribution in [2.24, 2.45) is 0 Å². The summed E-state index contributed by atoms with van der Waals surface area (Å²) in [6, 6.07) is 5.54. The van der Waals surface area contributed by atoms with Gasteiger partial charge < -0.3 is 19.7 Å². The lowest BCUT2D eigenvalue weighted by atomic mass is 10.1. The van der Waals surface area contributed by atoms with Crippen LogP contribution in [0.1, 0.15) is 29.6 Å². The first-order chi connectivity index (χ1) is 11.2. The molecule has 1 aromatic rings. The van der Waals surface area contributed by atoms with Gasteiger partial charge in [-0.3, -0.25) is 4.79 Å². The number of amides is 1. The summed E-state index contributed by atoms with van der Waals surface area (Å²) in [6.45, 7) is 4.15. The molecule has 2 fully saturated rings. The van der Waals surface area contributed by atoms with E-state index >= 15 is 0 Å². The molecule has 0 saturated carbocycles. The average molecular weight is 339 g/mol. The molecule has 1 unspecified atom stereocenters. The number of ether oxygens (including phenoxy) is 2. The number of nitrogens with one attached hydrogen (secondary N) is 1. The molecule has 1 N–H and O–H groups in total. The van der Waals surface area contributed by atoms with Crippen LogP contribution in [0.25, 0.3) is 0 Å². The average Bonchev–Trinajstić information content (AvgIpc) is 3.09. The number of hydrogen-bond donors (Lipinski definition) is 1. The molecule has 1 aromatic carbocycles. The fraction of sp³-hybridized carbons (Fsp3) is 0.588. The second kappa shape index (κ2) is 7.99. The van der Waals surface area contributed by atoms with Crippen molar-refractivity contribution in [2.75, 3.05) is 44.8 Å². The molecule has 2 saturated heterocycles. The number of anilines is 1. The van der Waals surface area contributed by atoms with Crippen LogP contribution in [0.2, 0.25) is 5.02 Å². The molecular weight excluding hydrogens is 316 g/mol. The highest BCUT2D eigenvalue weighted by Crippen LogP contribution is 2.23. The number of carbonyl (C=O) groups is 1. The summed E-state index contributed by atoms with van der Waals surface area (Å²) in [5, 5.41) is 3.84. The Labute approximate surface area is 141 Å². The molecule has 0 bridgehead atoms. The fourth-order valence-electron chi connectivity index (χ4n) is 2.98. The van der Waals surface area contributed by atoms with E-state index in [0.717, 1.165) is 38.1 Å². The highest BCUT2D eigenvalue weighted by Gasteiger charge is 2.21. The van der Waals surface area contributed by atoms with Gasteiger partial charge in [0.25, 0.3) is 5.91 Å². The maximum atomic E-state index is 12.5. The highest BCUT2D eigenvalue weighted by atomic mass is 35.5. The number of morpholine rings is 1. The summed E-state index contributed by atoms with van der Waals surface area (Å²) in [4.78, 5) is 14.3. The van der Waals surface area contributed by atoms with Gasteiger partial charge in [0, 0.05) is 31.9 Å². The lowest BCUT2D eigenvalue weighted by molar-refractivity contribution is 0.0303. The molecule has 2 aliphatic rings. The normalized spacial score (nSPS) is 21.4. The van der Waals surface area contributed by atoms with Crippen molar-refractivity contribution in [1.29, 1.82) is 0 Å². The monoisotopic (exact) mass is 338 g/mol. The van der Waals surface area contributed by atoms with Crippen LogP contribution in [0, 0.1) is 0 Å². The number of halogens is 1. The third-order valence-corrected chi connectivity index (χ3v) is 4.63. The quantitative estimate of drug-likeness (QED) is 0.897. The predicted octanol–water partition coefficient (Wildman–Crippen LogP) is 2.79. The molecule has 0 aliphatic carbocycles. The van der Waals surface area contributed by atoms with Gasteiger partial charge >= 0.3 is 0 Å². The van der Waals surface area contributed by atoms with E-state index in [4.69, 9.17) is 21.1 Å². The Balaban J connectivity index is 1.55. The Morgan fingerprint density at radius 1 is 1.30 bits per heavy atom. The second-order valence-corrected chi connectivity index (χ2v) is 6.36. The number of rotatable bonds is 5. The van der Waals surface area contributed by atoms with E-state index in [1.54, 1.807) is 11.0 Å². The van der Waals surface area contributed by atoms with Crippen LogP contribution < -0.4 is 5.32 Å². The van der Waals surface area contributed by atoms with E-state index in [0.29, 0.717) is 43.0 Å². The maximum absolute atomic E-state index is 12.5. The zero-order valence-electron chi connectivity index (χ0n) is 13.2. The first-order valence-corrected chi connectivity index (χ1v) is 8.64. The van der Waals surface area contributed by atoms with Crippen LogP contribution in [-0.2, 0) is 9.47 Å². The molecule has 0 radical (unpaired) electrons. The van der Waals surface area contributed by atoms with Crippen LogP contribution in [0.15, 0.2) is 18.2 Å². The van der Waals surface area contributed by atoms with Gasteiger partial charge in [0.2, 0.25) is 0 Å². The Morgan fingerprint density at radius 3 is 2.83 bits per heavy atom. The van der Waals surface area contributed by atoms with Crippen molar-refractivity contribution in [3.63, 3.8) is 0 Å². The van der Waals surface area contributed by atoms with Crippen molar-refractivity contribution in [3.8, 4) is 0 Å². The molecule has 126 valence electrons. The lowest BCUT2D eigenvalue weighted by Crippen LogP contribution is -2.40. The topological polar surface area (TPSA) is 50.8 Å². The highest BCUT2D eigenvalue weighted by molar-refractivity contribution is 6.34. The molecule has 5 nitrogen and oxygen atoms in total. The van der Waals surface area contributed by atoms with E-state index in [1.165, 1.54) is 0 Å². The van der Waals surface area contributed by atoms with Crippen LogP contribution in [0.5, 0.6) is 0 Å². The first-order valence-electron chi connectivity index (χ1n) is 8.26. The van der Waals surface area contributed by atoms with Gasteiger partial charge in [-0.2, -0.15) is 0 Å².